The predicted octanol–water partition coefficient (Wildman–Crippen LogP) is 4.13. The van der Waals surface area contributed by atoms with E-state index in [9.17, 15) is 18.5 Å². The molecule has 1 heterocycles. The number of para-hydroxylation sites is 2. The van der Waals surface area contributed by atoms with Crippen LogP contribution in [0.1, 0.15) is 0 Å². The molecule has 0 atom stereocenters. The van der Waals surface area contributed by atoms with Gasteiger partial charge in [-0.1, -0.05) is 12.1 Å². The summed E-state index contributed by atoms with van der Waals surface area (Å²) in [6, 6.07) is 16.4. The number of aromatic nitrogens is 2. The van der Waals surface area contributed by atoms with Gasteiger partial charge in [0.05, 0.1) is 35.1 Å². The predicted molar refractivity (Wildman–Crippen MR) is 121 cm³/mol. The van der Waals surface area contributed by atoms with Gasteiger partial charge >= 0.3 is 0 Å². The van der Waals surface area contributed by atoms with Crippen LogP contribution in [0.3, 0.4) is 0 Å². The molecule has 0 aliphatic rings. The van der Waals surface area contributed by atoms with E-state index >= 15 is 0 Å². The molecule has 10 nitrogen and oxygen atoms in total. The SMILES string of the molecule is COc1cc(Nc2nc3ccccc3nc2S(=O)(=O)c2ccc([N+](=O)[O-])cc2)cc(OC)c1. The second-order valence-corrected chi connectivity index (χ2v) is 8.71. The van der Waals surface area contributed by atoms with Gasteiger partial charge < -0.3 is 14.8 Å². The number of nitro benzene ring substituents is 1. The van der Waals surface area contributed by atoms with Gasteiger partial charge in [0.1, 0.15) is 11.5 Å². The van der Waals surface area contributed by atoms with Gasteiger partial charge in [0, 0.05) is 36.0 Å². The molecule has 0 saturated carbocycles. The van der Waals surface area contributed by atoms with Crippen LogP contribution in [-0.4, -0.2) is 37.5 Å². The maximum atomic E-state index is 13.5. The Kier molecular flexibility index (Phi) is 5.80. The summed E-state index contributed by atoms with van der Waals surface area (Å²) < 4.78 is 37.5. The molecule has 0 aliphatic carbocycles. The van der Waals surface area contributed by atoms with Gasteiger partial charge in [0.15, 0.2) is 5.82 Å². The molecule has 11 heteroatoms. The van der Waals surface area contributed by atoms with E-state index in [-0.39, 0.29) is 21.4 Å². The lowest BCUT2D eigenvalue weighted by molar-refractivity contribution is -0.384. The van der Waals surface area contributed by atoms with E-state index in [0.717, 1.165) is 12.1 Å². The Bertz CT molecular complexity index is 1430. The molecule has 0 radical (unpaired) electrons. The second-order valence-electron chi connectivity index (χ2n) is 6.85. The molecule has 1 N–H and O–H groups in total. The summed E-state index contributed by atoms with van der Waals surface area (Å²) in [6.07, 6.45) is 0. The number of fused-ring (bicyclic) bond motifs is 1. The summed E-state index contributed by atoms with van der Waals surface area (Å²) in [4.78, 5) is 19.0. The number of benzene rings is 3. The number of non-ortho nitro benzene ring substituents is 1. The van der Waals surface area contributed by atoms with E-state index in [1.165, 1.54) is 26.4 Å². The van der Waals surface area contributed by atoms with E-state index in [0.29, 0.717) is 28.2 Å². The zero-order chi connectivity index (χ0) is 23.6. The molecule has 0 aliphatic heterocycles. The smallest absolute Gasteiger partial charge is 0.269 e. The molecule has 1 aromatic heterocycles. The van der Waals surface area contributed by atoms with E-state index in [2.05, 4.69) is 15.3 Å². The van der Waals surface area contributed by atoms with E-state index < -0.39 is 14.8 Å². The second kappa shape index (κ2) is 8.71. The average Bonchev–Trinajstić information content (AvgIpc) is 2.83. The van der Waals surface area contributed by atoms with E-state index in [1.807, 2.05) is 0 Å². The molecule has 0 unspecified atom stereocenters. The van der Waals surface area contributed by atoms with Crippen molar-refractivity contribution >= 4 is 38.1 Å². The maximum Gasteiger partial charge on any atom is 0.269 e. The molecule has 0 bridgehead atoms. The summed E-state index contributed by atoms with van der Waals surface area (Å²) in [5.41, 5.74) is 1.11. The summed E-state index contributed by atoms with van der Waals surface area (Å²) in [7, 11) is -1.18. The number of rotatable bonds is 7. The third kappa shape index (κ3) is 4.39. The highest BCUT2D eigenvalue weighted by Gasteiger charge is 2.26. The van der Waals surface area contributed by atoms with Crippen molar-refractivity contribution in [2.45, 2.75) is 9.92 Å². The van der Waals surface area contributed by atoms with Crippen LogP contribution in [-0.2, 0) is 9.84 Å². The van der Waals surface area contributed by atoms with Gasteiger partial charge in [-0.2, -0.15) is 0 Å². The third-order valence-electron chi connectivity index (χ3n) is 4.77. The zero-order valence-corrected chi connectivity index (χ0v) is 18.4. The molecular weight excluding hydrogens is 448 g/mol. The van der Waals surface area contributed by atoms with Crippen molar-refractivity contribution in [1.82, 2.24) is 9.97 Å². The first-order valence-electron chi connectivity index (χ1n) is 9.58. The highest BCUT2D eigenvalue weighted by molar-refractivity contribution is 7.91. The van der Waals surface area contributed by atoms with Crippen LogP contribution in [0.5, 0.6) is 11.5 Å². The first-order valence-corrected chi connectivity index (χ1v) is 11.1. The van der Waals surface area contributed by atoms with Crippen LogP contribution in [0.4, 0.5) is 17.2 Å². The Morgan fingerprint density at radius 3 is 2.00 bits per heavy atom. The fraction of sp³-hybridized carbons (Fsp3) is 0.0909. The highest BCUT2D eigenvalue weighted by Crippen LogP contribution is 2.32. The molecular formula is C22H18N4O6S. The summed E-state index contributed by atoms with van der Waals surface area (Å²) >= 11 is 0. The van der Waals surface area contributed by atoms with Gasteiger partial charge in [0.2, 0.25) is 14.9 Å². The normalized spacial score (nSPS) is 11.2. The van der Waals surface area contributed by atoms with Crippen molar-refractivity contribution in [3.63, 3.8) is 0 Å². The fourth-order valence-electron chi connectivity index (χ4n) is 3.13. The number of hydrogen-bond donors (Lipinski definition) is 1. The quantitative estimate of drug-likeness (QED) is 0.315. The van der Waals surface area contributed by atoms with E-state index in [4.69, 9.17) is 9.47 Å². The molecule has 33 heavy (non-hydrogen) atoms. The molecule has 3 aromatic carbocycles. The number of hydrogen-bond acceptors (Lipinski definition) is 9. The topological polar surface area (TPSA) is 134 Å². The monoisotopic (exact) mass is 466 g/mol. The average molecular weight is 466 g/mol. The Labute approximate surface area is 188 Å². The standard InChI is InChI=1S/C22H18N4O6S/c1-31-16-11-14(12-17(13-16)32-2)23-21-22(25-20-6-4-3-5-19(20)24-21)33(29,30)18-9-7-15(8-10-18)26(27)28/h3-13H,1-2H3,(H,23,24). The summed E-state index contributed by atoms with van der Waals surface area (Å²) in [6.45, 7) is 0. The lowest BCUT2D eigenvalue weighted by Gasteiger charge is -2.14. The van der Waals surface area contributed by atoms with Gasteiger partial charge in [-0.15, -0.1) is 0 Å². The molecule has 0 fully saturated rings. The van der Waals surface area contributed by atoms with Crippen LogP contribution in [0.25, 0.3) is 11.0 Å². The van der Waals surface area contributed by atoms with Gasteiger partial charge in [-0.25, -0.2) is 18.4 Å². The van der Waals surface area contributed by atoms with Crippen LogP contribution in [0.2, 0.25) is 0 Å². The largest absolute Gasteiger partial charge is 0.497 e. The highest BCUT2D eigenvalue weighted by atomic mass is 32.2. The van der Waals surface area contributed by atoms with Crippen molar-refractivity contribution in [3.8, 4) is 11.5 Å². The minimum Gasteiger partial charge on any atom is -0.497 e. The van der Waals surface area contributed by atoms with Gasteiger partial charge in [-0.3, -0.25) is 10.1 Å². The maximum absolute atomic E-state index is 13.5. The molecule has 0 spiro atoms. The Morgan fingerprint density at radius 1 is 0.879 bits per heavy atom. The van der Waals surface area contributed by atoms with Crippen LogP contribution >= 0.6 is 0 Å². The van der Waals surface area contributed by atoms with Crippen molar-refractivity contribution in [2.24, 2.45) is 0 Å². The van der Waals surface area contributed by atoms with Gasteiger partial charge in [-0.05, 0) is 24.3 Å². The minimum absolute atomic E-state index is 0.0117. The summed E-state index contributed by atoms with van der Waals surface area (Å²) in [5, 5.41) is 13.6. The molecule has 0 saturated heterocycles. The number of anilines is 2. The lowest BCUT2D eigenvalue weighted by Crippen LogP contribution is -2.10. The number of nitrogens with zero attached hydrogens (tertiary/aromatic N) is 3. The Balaban J connectivity index is 1.87. The Hall–Kier alpha value is -4.25. The number of nitrogens with one attached hydrogen (secondary N) is 1. The molecule has 0 amide bonds. The lowest BCUT2D eigenvalue weighted by atomic mass is 10.2. The Morgan fingerprint density at radius 2 is 1.45 bits per heavy atom. The number of sulfone groups is 1. The van der Waals surface area contributed by atoms with Crippen molar-refractivity contribution in [2.75, 3.05) is 19.5 Å². The van der Waals surface area contributed by atoms with Gasteiger partial charge in [0.25, 0.3) is 5.69 Å². The number of methoxy groups -OCH3 is 2. The third-order valence-corrected chi connectivity index (χ3v) is 6.45. The van der Waals surface area contributed by atoms with Crippen LogP contribution in [0, 0.1) is 10.1 Å². The molecule has 4 aromatic rings. The van der Waals surface area contributed by atoms with Crippen LogP contribution in [0.15, 0.2) is 76.7 Å². The van der Waals surface area contributed by atoms with Crippen molar-refractivity contribution < 1.29 is 22.8 Å². The fourth-order valence-corrected chi connectivity index (χ4v) is 4.42. The molecule has 4 rings (SSSR count). The van der Waals surface area contributed by atoms with Crippen molar-refractivity contribution in [3.05, 3.63) is 76.8 Å². The van der Waals surface area contributed by atoms with Crippen molar-refractivity contribution in [1.29, 1.82) is 0 Å². The first kappa shape index (κ1) is 22.0. The van der Waals surface area contributed by atoms with Crippen LogP contribution < -0.4 is 14.8 Å². The summed E-state index contributed by atoms with van der Waals surface area (Å²) in [5.74, 6) is 0.970. The minimum atomic E-state index is -4.18. The number of nitro groups is 1. The zero-order valence-electron chi connectivity index (χ0n) is 17.6. The molecule has 168 valence electrons. The number of ether oxygens (including phenoxy) is 2. The first-order chi connectivity index (χ1) is 15.8. The van der Waals surface area contributed by atoms with E-state index in [1.54, 1.807) is 42.5 Å².